The standard InChI is InChI=1S/C16H25N3O3S/c1-6-11-17-10(2)14(18-11)15-19(12(20)9-23-15)8-7-13(21)22-16(3,4)5/h15H,6-9H2,1-5H3,(H,17,18). The molecular weight excluding hydrogens is 314 g/mol. The number of nitrogens with one attached hydrogen (secondary N) is 1. The van der Waals surface area contributed by atoms with E-state index in [1.54, 1.807) is 16.7 Å². The third-order valence-corrected chi connectivity index (χ3v) is 4.69. The lowest BCUT2D eigenvalue weighted by molar-refractivity contribution is -0.155. The first-order valence-electron chi connectivity index (χ1n) is 7.89. The van der Waals surface area contributed by atoms with E-state index in [1.165, 1.54) is 0 Å². The van der Waals surface area contributed by atoms with Crippen molar-refractivity contribution in [3.63, 3.8) is 0 Å². The molecule has 0 bridgehead atoms. The Hall–Kier alpha value is -1.50. The summed E-state index contributed by atoms with van der Waals surface area (Å²) in [5.74, 6) is 1.11. The first-order chi connectivity index (χ1) is 10.7. The Balaban J connectivity index is 2.05. The van der Waals surface area contributed by atoms with Crippen LogP contribution in [0.3, 0.4) is 0 Å². The van der Waals surface area contributed by atoms with E-state index < -0.39 is 5.60 Å². The van der Waals surface area contributed by atoms with Gasteiger partial charge in [0.1, 0.15) is 16.8 Å². The Morgan fingerprint density at radius 3 is 2.74 bits per heavy atom. The Morgan fingerprint density at radius 2 is 2.17 bits per heavy atom. The average molecular weight is 339 g/mol. The number of imidazole rings is 1. The van der Waals surface area contributed by atoms with Crippen LogP contribution in [-0.2, 0) is 20.7 Å². The lowest BCUT2D eigenvalue weighted by Gasteiger charge is -2.24. The predicted octanol–water partition coefficient (Wildman–Crippen LogP) is 2.59. The molecule has 1 amide bonds. The number of thioether (sulfide) groups is 1. The van der Waals surface area contributed by atoms with Crippen LogP contribution in [0.1, 0.15) is 56.7 Å². The van der Waals surface area contributed by atoms with Gasteiger partial charge in [-0.15, -0.1) is 11.8 Å². The molecule has 0 radical (unpaired) electrons. The minimum absolute atomic E-state index is 0.0454. The molecule has 128 valence electrons. The maximum absolute atomic E-state index is 12.2. The molecule has 0 spiro atoms. The van der Waals surface area contributed by atoms with Crippen LogP contribution in [0.4, 0.5) is 0 Å². The van der Waals surface area contributed by atoms with Crippen LogP contribution < -0.4 is 0 Å². The lowest BCUT2D eigenvalue weighted by Crippen LogP contribution is -2.32. The summed E-state index contributed by atoms with van der Waals surface area (Å²) >= 11 is 1.56. The highest BCUT2D eigenvalue weighted by Gasteiger charge is 2.35. The summed E-state index contributed by atoms with van der Waals surface area (Å²) in [5.41, 5.74) is 1.37. The molecule has 1 aliphatic heterocycles. The Bertz CT molecular complexity index is 592. The second-order valence-corrected chi connectivity index (χ2v) is 7.70. The molecule has 2 heterocycles. The summed E-state index contributed by atoms with van der Waals surface area (Å²) in [6, 6.07) is 0. The summed E-state index contributed by atoms with van der Waals surface area (Å²) in [6.45, 7) is 9.88. The molecule has 1 fully saturated rings. The van der Waals surface area contributed by atoms with E-state index in [4.69, 9.17) is 4.74 Å². The molecule has 1 aromatic rings. The number of carbonyl (C=O) groups excluding carboxylic acids is 2. The summed E-state index contributed by atoms with van der Waals surface area (Å²) < 4.78 is 5.31. The van der Waals surface area contributed by atoms with Crippen molar-refractivity contribution in [1.29, 1.82) is 0 Å². The van der Waals surface area contributed by atoms with Gasteiger partial charge in [0, 0.05) is 18.7 Å². The molecule has 1 aromatic heterocycles. The molecule has 1 atom stereocenters. The van der Waals surface area contributed by atoms with E-state index in [2.05, 4.69) is 9.97 Å². The van der Waals surface area contributed by atoms with Crippen LogP contribution in [0.5, 0.6) is 0 Å². The normalized spacial score (nSPS) is 18.6. The van der Waals surface area contributed by atoms with Crippen LogP contribution >= 0.6 is 11.8 Å². The number of nitrogens with zero attached hydrogens (tertiary/aromatic N) is 2. The molecule has 0 saturated carbocycles. The highest BCUT2D eigenvalue weighted by molar-refractivity contribution is 8.00. The number of hydrogen-bond acceptors (Lipinski definition) is 5. The van der Waals surface area contributed by atoms with Crippen LogP contribution in [-0.4, -0.2) is 44.6 Å². The van der Waals surface area contributed by atoms with Crippen LogP contribution in [0.2, 0.25) is 0 Å². The zero-order chi connectivity index (χ0) is 17.2. The van der Waals surface area contributed by atoms with Crippen LogP contribution in [0, 0.1) is 6.92 Å². The van der Waals surface area contributed by atoms with Gasteiger partial charge in [-0.05, 0) is 27.7 Å². The number of aryl methyl sites for hydroxylation is 2. The Morgan fingerprint density at radius 1 is 1.48 bits per heavy atom. The third-order valence-electron chi connectivity index (χ3n) is 3.49. The first kappa shape index (κ1) is 17.8. The van der Waals surface area contributed by atoms with Crippen molar-refractivity contribution in [3.8, 4) is 0 Å². The number of carbonyl (C=O) groups is 2. The number of aromatic amines is 1. The summed E-state index contributed by atoms with van der Waals surface area (Å²) in [4.78, 5) is 33.6. The van der Waals surface area contributed by atoms with Crippen molar-refractivity contribution in [2.24, 2.45) is 0 Å². The fourth-order valence-corrected chi connectivity index (χ4v) is 3.73. The fraction of sp³-hybridized carbons (Fsp3) is 0.688. The van der Waals surface area contributed by atoms with Gasteiger partial charge in [-0.3, -0.25) is 9.59 Å². The molecule has 1 N–H and O–H groups in total. The maximum Gasteiger partial charge on any atom is 0.308 e. The second-order valence-electron chi connectivity index (χ2n) is 6.63. The maximum atomic E-state index is 12.2. The van der Waals surface area contributed by atoms with Crippen molar-refractivity contribution >= 4 is 23.6 Å². The Labute approximate surface area is 141 Å². The minimum atomic E-state index is -0.505. The van der Waals surface area contributed by atoms with Gasteiger partial charge in [0.15, 0.2) is 0 Å². The monoisotopic (exact) mass is 339 g/mol. The summed E-state index contributed by atoms with van der Waals surface area (Å²) in [7, 11) is 0. The minimum Gasteiger partial charge on any atom is -0.460 e. The van der Waals surface area contributed by atoms with Gasteiger partial charge in [0.2, 0.25) is 5.91 Å². The zero-order valence-electron chi connectivity index (χ0n) is 14.4. The molecule has 6 nitrogen and oxygen atoms in total. The topological polar surface area (TPSA) is 75.3 Å². The van der Waals surface area contributed by atoms with Crippen molar-refractivity contribution < 1.29 is 14.3 Å². The van der Waals surface area contributed by atoms with E-state index in [0.29, 0.717) is 12.3 Å². The largest absolute Gasteiger partial charge is 0.460 e. The lowest BCUT2D eigenvalue weighted by atomic mass is 10.2. The zero-order valence-corrected chi connectivity index (χ0v) is 15.2. The van der Waals surface area contributed by atoms with Gasteiger partial charge >= 0.3 is 5.97 Å². The van der Waals surface area contributed by atoms with Crippen molar-refractivity contribution in [2.75, 3.05) is 12.3 Å². The summed E-state index contributed by atoms with van der Waals surface area (Å²) in [5, 5.41) is -0.124. The molecule has 0 aliphatic carbocycles. The SMILES string of the molecule is CCc1nc(C2SCC(=O)N2CCC(=O)OC(C)(C)C)c(C)[nH]1. The van der Waals surface area contributed by atoms with Crippen molar-refractivity contribution in [2.45, 2.75) is 58.4 Å². The van der Waals surface area contributed by atoms with Gasteiger partial charge in [0.05, 0.1) is 17.9 Å². The molecule has 2 rings (SSSR count). The van der Waals surface area contributed by atoms with Crippen molar-refractivity contribution in [1.82, 2.24) is 14.9 Å². The van der Waals surface area contributed by atoms with E-state index in [0.717, 1.165) is 23.6 Å². The Kier molecular flexibility index (Phi) is 5.39. The van der Waals surface area contributed by atoms with Crippen LogP contribution in [0.25, 0.3) is 0 Å². The predicted molar refractivity (Wildman–Crippen MR) is 90.1 cm³/mol. The molecule has 1 aliphatic rings. The number of ether oxygens (including phenoxy) is 1. The number of esters is 1. The molecule has 7 heteroatoms. The van der Waals surface area contributed by atoms with Gasteiger partial charge in [-0.1, -0.05) is 6.92 Å². The van der Waals surface area contributed by atoms with Gasteiger partial charge in [-0.25, -0.2) is 4.98 Å². The van der Waals surface area contributed by atoms with Gasteiger partial charge < -0.3 is 14.6 Å². The first-order valence-corrected chi connectivity index (χ1v) is 8.94. The van der Waals surface area contributed by atoms with E-state index in [1.807, 2.05) is 34.6 Å². The number of amides is 1. The van der Waals surface area contributed by atoms with Gasteiger partial charge in [0.25, 0.3) is 0 Å². The van der Waals surface area contributed by atoms with Gasteiger partial charge in [-0.2, -0.15) is 0 Å². The molecule has 1 saturated heterocycles. The summed E-state index contributed by atoms with van der Waals surface area (Å²) in [6.07, 6.45) is 1.02. The third kappa shape index (κ3) is 4.50. The molecule has 1 unspecified atom stereocenters. The number of rotatable bonds is 5. The molecular formula is C16H25N3O3S. The highest BCUT2D eigenvalue weighted by Crippen LogP contribution is 2.39. The molecule has 0 aromatic carbocycles. The average Bonchev–Trinajstić information content (AvgIpc) is 2.97. The van der Waals surface area contributed by atoms with E-state index in [9.17, 15) is 9.59 Å². The quantitative estimate of drug-likeness (QED) is 0.835. The van der Waals surface area contributed by atoms with E-state index in [-0.39, 0.29) is 23.7 Å². The van der Waals surface area contributed by atoms with Crippen LogP contribution in [0.15, 0.2) is 0 Å². The second kappa shape index (κ2) is 6.95. The number of hydrogen-bond donors (Lipinski definition) is 1. The van der Waals surface area contributed by atoms with E-state index >= 15 is 0 Å². The highest BCUT2D eigenvalue weighted by atomic mass is 32.2. The number of aromatic nitrogens is 2. The van der Waals surface area contributed by atoms with Crippen molar-refractivity contribution in [3.05, 3.63) is 17.2 Å². The fourth-order valence-electron chi connectivity index (χ4n) is 2.47. The molecule has 23 heavy (non-hydrogen) atoms. The number of H-pyrrole nitrogens is 1. The smallest absolute Gasteiger partial charge is 0.308 e.